The number of likely N-dealkylation sites (N-methyl/N-ethyl adjacent to an activating group) is 1. The normalized spacial score (nSPS) is 20.8. The summed E-state index contributed by atoms with van der Waals surface area (Å²) < 4.78 is 1.04. The van der Waals surface area contributed by atoms with Gasteiger partial charge >= 0.3 is 0 Å². The maximum Gasteiger partial charge on any atom is 0.0601 e. The number of nitrogen functional groups attached to an aromatic ring is 1. The molecule has 1 aliphatic heterocycles. The molecule has 0 bridgehead atoms. The Morgan fingerprint density at radius 2 is 2.19 bits per heavy atom. The average Bonchev–Trinajstić information content (AvgIpc) is 2.66. The lowest BCUT2D eigenvalue weighted by Gasteiger charge is -2.23. The first kappa shape index (κ1) is 11.7. The molecule has 4 heteroatoms. The van der Waals surface area contributed by atoms with Crippen molar-refractivity contribution in [2.45, 2.75) is 12.5 Å². The summed E-state index contributed by atoms with van der Waals surface area (Å²) >= 11 is 3.43. The van der Waals surface area contributed by atoms with Crippen molar-refractivity contribution in [1.82, 2.24) is 4.90 Å². The summed E-state index contributed by atoms with van der Waals surface area (Å²) in [6.45, 7) is 2.16. The predicted octanol–water partition coefficient (Wildman–Crippen LogP) is 2.17. The van der Waals surface area contributed by atoms with Crippen LogP contribution >= 0.6 is 15.9 Å². The second-order valence-electron chi connectivity index (χ2n) is 4.56. The van der Waals surface area contributed by atoms with Crippen molar-refractivity contribution in [3.05, 3.63) is 22.7 Å². The first-order valence-electron chi connectivity index (χ1n) is 5.54. The van der Waals surface area contributed by atoms with E-state index in [4.69, 9.17) is 5.73 Å². The van der Waals surface area contributed by atoms with E-state index in [0.29, 0.717) is 6.04 Å². The number of hydrogen-bond acceptors (Lipinski definition) is 3. The van der Waals surface area contributed by atoms with Gasteiger partial charge in [-0.25, -0.2) is 0 Å². The number of nitrogens with zero attached hydrogens (tertiary/aromatic N) is 2. The monoisotopic (exact) mass is 283 g/mol. The molecule has 0 amide bonds. The van der Waals surface area contributed by atoms with Crippen molar-refractivity contribution in [2.75, 3.05) is 37.8 Å². The standard InChI is InChI=1S/C12H18BrN3/c1-15(2)10-5-6-16(8-10)12-4-3-9(13)7-11(12)14/h3-4,7,10H,5-6,8,14H2,1-2H3. The zero-order valence-electron chi connectivity index (χ0n) is 9.78. The highest BCUT2D eigenvalue weighted by molar-refractivity contribution is 9.10. The molecule has 88 valence electrons. The maximum absolute atomic E-state index is 6.04. The highest BCUT2D eigenvalue weighted by Gasteiger charge is 2.24. The van der Waals surface area contributed by atoms with E-state index in [9.17, 15) is 0 Å². The Kier molecular flexibility index (Phi) is 3.40. The first-order valence-corrected chi connectivity index (χ1v) is 6.33. The SMILES string of the molecule is CN(C)C1CCN(c2ccc(Br)cc2N)C1. The molecule has 1 unspecified atom stereocenters. The fraction of sp³-hybridized carbons (Fsp3) is 0.500. The summed E-state index contributed by atoms with van der Waals surface area (Å²) in [5.74, 6) is 0. The van der Waals surface area contributed by atoms with Gasteiger partial charge in [-0.1, -0.05) is 15.9 Å². The Labute approximate surface area is 105 Å². The van der Waals surface area contributed by atoms with Crippen LogP contribution in [-0.4, -0.2) is 38.1 Å². The summed E-state index contributed by atoms with van der Waals surface area (Å²) in [4.78, 5) is 4.65. The predicted molar refractivity (Wildman–Crippen MR) is 72.9 cm³/mol. The van der Waals surface area contributed by atoms with Gasteiger partial charge in [-0.15, -0.1) is 0 Å². The average molecular weight is 284 g/mol. The van der Waals surface area contributed by atoms with E-state index in [1.807, 2.05) is 6.07 Å². The third-order valence-corrected chi connectivity index (χ3v) is 3.72. The van der Waals surface area contributed by atoms with Crippen molar-refractivity contribution in [3.8, 4) is 0 Å². The number of benzene rings is 1. The summed E-state index contributed by atoms with van der Waals surface area (Å²) in [6.07, 6.45) is 1.21. The van der Waals surface area contributed by atoms with Crippen molar-refractivity contribution < 1.29 is 0 Å². The lowest BCUT2D eigenvalue weighted by atomic mass is 10.2. The molecule has 2 rings (SSSR count). The van der Waals surface area contributed by atoms with Gasteiger partial charge in [-0.3, -0.25) is 0 Å². The molecule has 1 aromatic carbocycles. The number of halogens is 1. The fourth-order valence-corrected chi connectivity index (χ4v) is 2.57. The van der Waals surface area contributed by atoms with Crippen molar-refractivity contribution in [3.63, 3.8) is 0 Å². The zero-order chi connectivity index (χ0) is 11.7. The Hall–Kier alpha value is -0.740. The smallest absolute Gasteiger partial charge is 0.0601 e. The Balaban J connectivity index is 2.14. The van der Waals surface area contributed by atoms with Crippen LogP contribution in [0.3, 0.4) is 0 Å². The Morgan fingerprint density at radius 1 is 1.44 bits per heavy atom. The van der Waals surface area contributed by atoms with Gasteiger partial charge in [-0.05, 0) is 38.7 Å². The highest BCUT2D eigenvalue weighted by Crippen LogP contribution is 2.29. The highest BCUT2D eigenvalue weighted by atomic mass is 79.9. The number of rotatable bonds is 2. The van der Waals surface area contributed by atoms with E-state index in [0.717, 1.165) is 28.9 Å². The molecule has 0 saturated carbocycles. The van der Waals surface area contributed by atoms with Crippen LogP contribution < -0.4 is 10.6 Å². The molecule has 0 spiro atoms. The summed E-state index contributed by atoms with van der Waals surface area (Å²) in [5.41, 5.74) is 8.05. The molecule has 1 aliphatic rings. The molecule has 1 heterocycles. The van der Waals surface area contributed by atoms with Gasteiger partial charge in [-0.2, -0.15) is 0 Å². The van der Waals surface area contributed by atoms with Gasteiger partial charge in [0, 0.05) is 23.6 Å². The molecule has 1 fully saturated rings. The van der Waals surface area contributed by atoms with Crippen LogP contribution in [0.2, 0.25) is 0 Å². The molecular weight excluding hydrogens is 266 g/mol. The van der Waals surface area contributed by atoms with Crippen LogP contribution in [0, 0.1) is 0 Å². The third kappa shape index (κ3) is 2.33. The Morgan fingerprint density at radius 3 is 2.75 bits per heavy atom. The fourth-order valence-electron chi connectivity index (χ4n) is 2.20. The topological polar surface area (TPSA) is 32.5 Å². The summed E-state index contributed by atoms with van der Waals surface area (Å²) in [5, 5.41) is 0. The molecule has 0 aliphatic carbocycles. The van der Waals surface area contributed by atoms with Crippen molar-refractivity contribution in [1.29, 1.82) is 0 Å². The molecule has 0 aromatic heterocycles. The third-order valence-electron chi connectivity index (χ3n) is 3.22. The first-order chi connectivity index (χ1) is 7.58. The minimum Gasteiger partial charge on any atom is -0.397 e. The molecule has 2 N–H and O–H groups in total. The lowest BCUT2D eigenvalue weighted by Crippen LogP contribution is -2.31. The quantitative estimate of drug-likeness (QED) is 0.845. The van der Waals surface area contributed by atoms with Crippen molar-refractivity contribution in [2.24, 2.45) is 0 Å². The van der Waals surface area contributed by atoms with Gasteiger partial charge in [0.05, 0.1) is 11.4 Å². The van der Waals surface area contributed by atoms with Crippen molar-refractivity contribution >= 4 is 27.3 Å². The van der Waals surface area contributed by atoms with E-state index in [1.54, 1.807) is 0 Å². The van der Waals surface area contributed by atoms with Crippen LogP contribution in [0.15, 0.2) is 22.7 Å². The molecule has 3 nitrogen and oxygen atoms in total. The Bertz CT molecular complexity index is 379. The van der Waals surface area contributed by atoms with E-state index < -0.39 is 0 Å². The zero-order valence-corrected chi connectivity index (χ0v) is 11.4. The molecule has 1 aromatic rings. The van der Waals surface area contributed by atoms with E-state index >= 15 is 0 Å². The molecule has 16 heavy (non-hydrogen) atoms. The lowest BCUT2D eigenvalue weighted by molar-refractivity contribution is 0.315. The van der Waals surface area contributed by atoms with E-state index in [1.165, 1.54) is 6.42 Å². The van der Waals surface area contributed by atoms with Gasteiger partial charge in [0.25, 0.3) is 0 Å². The van der Waals surface area contributed by atoms with Gasteiger partial charge in [0.1, 0.15) is 0 Å². The number of anilines is 2. The minimum absolute atomic E-state index is 0.642. The molecular formula is C12H18BrN3. The number of hydrogen-bond donors (Lipinski definition) is 1. The molecule has 1 atom stereocenters. The number of nitrogens with two attached hydrogens (primary N) is 1. The van der Waals surface area contributed by atoms with Crippen LogP contribution in [-0.2, 0) is 0 Å². The minimum atomic E-state index is 0.642. The second-order valence-corrected chi connectivity index (χ2v) is 5.47. The second kappa shape index (κ2) is 4.63. The summed E-state index contributed by atoms with van der Waals surface area (Å²) in [6, 6.07) is 6.76. The van der Waals surface area contributed by atoms with E-state index in [-0.39, 0.29) is 0 Å². The van der Waals surface area contributed by atoms with Crippen LogP contribution in [0.4, 0.5) is 11.4 Å². The van der Waals surface area contributed by atoms with Gasteiger partial charge in [0.2, 0.25) is 0 Å². The van der Waals surface area contributed by atoms with Crippen LogP contribution in [0.1, 0.15) is 6.42 Å². The largest absolute Gasteiger partial charge is 0.397 e. The summed E-state index contributed by atoms with van der Waals surface area (Å²) in [7, 11) is 4.28. The van der Waals surface area contributed by atoms with Gasteiger partial charge < -0.3 is 15.5 Å². The van der Waals surface area contributed by atoms with Crippen LogP contribution in [0.25, 0.3) is 0 Å². The maximum atomic E-state index is 6.04. The molecule has 0 radical (unpaired) electrons. The van der Waals surface area contributed by atoms with Crippen LogP contribution in [0.5, 0.6) is 0 Å². The van der Waals surface area contributed by atoms with Gasteiger partial charge in [0.15, 0.2) is 0 Å². The van der Waals surface area contributed by atoms with E-state index in [2.05, 4.69) is 52.0 Å². The molecule has 1 saturated heterocycles.